The van der Waals surface area contributed by atoms with Gasteiger partial charge in [0.1, 0.15) is 0 Å². The summed E-state index contributed by atoms with van der Waals surface area (Å²) in [6.07, 6.45) is 1.59. The van der Waals surface area contributed by atoms with Crippen molar-refractivity contribution < 1.29 is 9.84 Å². The molecule has 1 heterocycles. The third-order valence-electron chi connectivity index (χ3n) is 4.01. The lowest BCUT2D eigenvalue weighted by Gasteiger charge is -2.34. The molecule has 0 saturated carbocycles. The molecule has 1 aromatic rings. The number of ether oxygens (including phenoxy) is 1. The van der Waals surface area contributed by atoms with Crippen LogP contribution in [-0.2, 0) is 4.74 Å². The molecule has 2 rings (SSSR count). The molecule has 0 spiro atoms. The molecule has 2 N–H and O–H groups in total. The Morgan fingerprint density at radius 1 is 1.35 bits per heavy atom. The molecule has 4 nitrogen and oxygen atoms in total. The second-order valence-corrected chi connectivity index (χ2v) is 5.80. The molecule has 1 fully saturated rings. The van der Waals surface area contributed by atoms with Crippen LogP contribution in [0, 0.1) is 16.7 Å². The van der Waals surface area contributed by atoms with Gasteiger partial charge in [0.25, 0.3) is 0 Å². The maximum atomic E-state index is 10.1. The van der Waals surface area contributed by atoms with Crippen molar-refractivity contribution in [3.63, 3.8) is 0 Å². The number of benzene rings is 1. The second kappa shape index (κ2) is 6.85. The molecule has 4 heteroatoms. The fourth-order valence-electron chi connectivity index (χ4n) is 2.45. The van der Waals surface area contributed by atoms with Crippen molar-refractivity contribution in [1.29, 1.82) is 5.26 Å². The smallest absolute Gasteiger partial charge is 0.0991 e. The van der Waals surface area contributed by atoms with E-state index in [4.69, 9.17) is 10.00 Å². The number of nitrogens with one attached hydrogen (secondary N) is 1. The summed E-state index contributed by atoms with van der Waals surface area (Å²) in [5.74, 6) is 0. The highest BCUT2D eigenvalue weighted by molar-refractivity contribution is 5.32. The number of hydrogen-bond acceptors (Lipinski definition) is 4. The zero-order valence-corrected chi connectivity index (χ0v) is 11.9. The first-order valence-electron chi connectivity index (χ1n) is 7.10. The molecule has 1 unspecified atom stereocenters. The standard InChI is InChI=1S/C16H22N2O2/c1-16(6-8-20-9-7-16)12-18-11-15(19)14-4-2-13(10-17)3-5-14/h2-5,15,18-19H,6-9,11-12H2,1H3. The van der Waals surface area contributed by atoms with Crippen LogP contribution in [0.1, 0.15) is 37.0 Å². The first-order valence-corrected chi connectivity index (χ1v) is 7.10. The summed E-state index contributed by atoms with van der Waals surface area (Å²) < 4.78 is 5.38. The third kappa shape index (κ3) is 4.04. The van der Waals surface area contributed by atoms with Gasteiger partial charge in [-0.2, -0.15) is 5.26 Å². The maximum absolute atomic E-state index is 10.1. The Kier molecular flexibility index (Phi) is 5.13. The largest absolute Gasteiger partial charge is 0.387 e. The summed E-state index contributed by atoms with van der Waals surface area (Å²) in [7, 11) is 0. The van der Waals surface area contributed by atoms with Gasteiger partial charge in [-0.1, -0.05) is 19.1 Å². The van der Waals surface area contributed by atoms with Crippen molar-refractivity contribution in [3.8, 4) is 6.07 Å². The summed E-state index contributed by atoms with van der Waals surface area (Å²) in [5.41, 5.74) is 1.72. The molecule has 108 valence electrons. The molecular formula is C16H22N2O2. The molecule has 0 aliphatic carbocycles. The van der Waals surface area contributed by atoms with E-state index in [-0.39, 0.29) is 5.41 Å². The average Bonchev–Trinajstić information content (AvgIpc) is 2.48. The van der Waals surface area contributed by atoms with Crippen LogP contribution in [0.5, 0.6) is 0 Å². The van der Waals surface area contributed by atoms with Crippen molar-refractivity contribution in [2.75, 3.05) is 26.3 Å². The minimum absolute atomic E-state index is 0.267. The van der Waals surface area contributed by atoms with E-state index in [0.717, 1.165) is 38.2 Å². The molecule has 0 radical (unpaired) electrons. The highest BCUT2D eigenvalue weighted by Crippen LogP contribution is 2.28. The molecule has 20 heavy (non-hydrogen) atoms. The topological polar surface area (TPSA) is 65.3 Å². The number of rotatable bonds is 5. The number of aliphatic hydroxyl groups excluding tert-OH is 1. The zero-order chi connectivity index (χ0) is 14.4. The fourth-order valence-corrected chi connectivity index (χ4v) is 2.45. The fraction of sp³-hybridized carbons (Fsp3) is 0.562. The Morgan fingerprint density at radius 2 is 2.00 bits per heavy atom. The van der Waals surface area contributed by atoms with Crippen LogP contribution >= 0.6 is 0 Å². The molecule has 1 aromatic carbocycles. The first kappa shape index (κ1) is 15.0. The summed E-state index contributed by atoms with van der Waals surface area (Å²) in [4.78, 5) is 0. The lowest BCUT2D eigenvalue weighted by molar-refractivity contribution is 0.0227. The van der Waals surface area contributed by atoms with Crippen molar-refractivity contribution in [3.05, 3.63) is 35.4 Å². The van der Waals surface area contributed by atoms with Crippen LogP contribution in [0.3, 0.4) is 0 Å². The van der Waals surface area contributed by atoms with E-state index in [9.17, 15) is 5.11 Å². The van der Waals surface area contributed by atoms with Crippen LogP contribution in [0.4, 0.5) is 0 Å². The SMILES string of the molecule is CC1(CNCC(O)c2ccc(C#N)cc2)CCOCC1. The molecule has 1 atom stereocenters. The molecule has 0 aromatic heterocycles. The molecule has 1 aliphatic rings. The predicted octanol–water partition coefficient (Wildman–Crippen LogP) is 2.00. The van der Waals surface area contributed by atoms with E-state index in [2.05, 4.69) is 18.3 Å². The minimum atomic E-state index is -0.536. The number of aliphatic hydroxyl groups is 1. The van der Waals surface area contributed by atoms with E-state index in [1.807, 2.05) is 0 Å². The van der Waals surface area contributed by atoms with Gasteiger partial charge in [-0.25, -0.2) is 0 Å². The van der Waals surface area contributed by atoms with Crippen molar-refractivity contribution in [2.24, 2.45) is 5.41 Å². The first-order chi connectivity index (χ1) is 9.63. The Balaban J connectivity index is 1.79. The zero-order valence-electron chi connectivity index (χ0n) is 11.9. The van der Waals surface area contributed by atoms with Gasteiger partial charge in [0.05, 0.1) is 17.7 Å². The van der Waals surface area contributed by atoms with Crippen molar-refractivity contribution in [1.82, 2.24) is 5.32 Å². The van der Waals surface area contributed by atoms with E-state index in [1.54, 1.807) is 24.3 Å². The highest BCUT2D eigenvalue weighted by Gasteiger charge is 2.26. The molecular weight excluding hydrogens is 252 g/mol. The van der Waals surface area contributed by atoms with Crippen LogP contribution in [0.25, 0.3) is 0 Å². The van der Waals surface area contributed by atoms with E-state index >= 15 is 0 Å². The summed E-state index contributed by atoms with van der Waals surface area (Å²) in [6.45, 7) is 5.34. The molecule has 0 bridgehead atoms. The average molecular weight is 274 g/mol. The van der Waals surface area contributed by atoms with Crippen molar-refractivity contribution >= 4 is 0 Å². The maximum Gasteiger partial charge on any atom is 0.0991 e. The quantitative estimate of drug-likeness (QED) is 0.862. The van der Waals surface area contributed by atoms with Gasteiger partial charge in [-0.05, 0) is 36.0 Å². The molecule has 0 amide bonds. The Bertz CT molecular complexity index is 458. The summed E-state index contributed by atoms with van der Waals surface area (Å²) in [5, 5.41) is 22.2. The van der Waals surface area contributed by atoms with Gasteiger partial charge < -0.3 is 15.2 Å². The minimum Gasteiger partial charge on any atom is -0.387 e. The van der Waals surface area contributed by atoms with Crippen LogP contribution in [0.15, 0.2) is 24.3 Å². The van der Waals surface area contributed by atoms with Gasteiger partial charge >= 0.3 is 0 Å². The molecule has 1 saturated heterocycles. The number of hydrogen-bond donors (Lipinski definition) is 2. The molecule has 1 aliphatic heterocycles. The number of nitriles is 1. The second-order valence-electron chi connectivity index (χ2n) is 5.80. The van der Waals surface area contributed by atoms with Crippen molar-refractivity contribution in [2.45, 2.75) is 25.9 Å². The third-order valence-corrected chi connectivity index (χ3v) is 4.01. The normalized spacial score (nSPS) is 19.2. The Morgan fingerprint density at radius 3 is 2.60 bits per heavy atom. The van der Waals surface area contributed by atoms with Gasteiger partial charge in [-0.15, -0.1) is 0 Å². The van der Waals surface area contributed by atoms with Gasteiger partial charge in [0.2, 0.25) is 0 Å². The van der Waals surface area contributed by atoms with E-state index < -0.39 is 6.10 Å². The van der Waals surface area contributed by atoms with Gasteiger partial charge in [0.15, 0.2) is 0 Å². The van der Waals surface area contributed by atoms with E-state index in [1.165, 1.54) is 0 Å². The Hall–Kier alpha value is -1.41. The Labute approximate surface area is 120 Å². The van der Waals surface area contributed by atoms with Crippen LogP contribution in [0.2, 0.25) is 0 Å². The number of nitrogens with zero attached hydrogens (tertiary/aromatic N) is 1. The lowest BCUT2D eigenvalue weighted by Crippen LogP contribution is -2.38. The summed E-state index contributed by atoms with van der Waals surface area (Å²) >= 11 is 0. The highest BCUT2D eigenvalue weighted by atomic mass is 16.5. The van der Waals surface area contributed by atoms with E-state index in [0.29, 0.717) is 12.1 Å². The monoisotopic (exact) mass is 274 g/mol. The summed E-state index contributed by atoms with van der Waals surface area (Å²) in [6, 6.07) is 9.16. The van der Waals surface area contributed by atoms with Crippen LogP contribution in [-0.4, -0.2) is 31.4 Å². The van der Waals surface area contributed by atoms with Gasteiger partial charge in [-0.3, -0.25) is 0 Å². The predicted molar refractivity (Wildman–Crippen MR) is 77.1 cm³/mol. The van der Waals surface area contributed by atoms with Crippen LogP contribution < -0.4 is 5.32 Å². The van der Waals surface area contributed by atoms with Gasteiger partial charge in [0, 0.05) is 26.3 Å². The lowest BCUT2D eigenvalue weighted by atomic mass is 9.82.